The normalized spacial score (nSPS) is 12.1. The maximum absolute atomic E-state index is 11.7. The highest BCUT2D eigenvalue weighted by molar-refractivity contribution is 5.76. The van der Waals surface area contributed by atoms with Crippen molar-refractivity contribution >= 4 is 5.97 Å². The number of ether oxygens (including phenoxy) is 1. The van der Waals surface area contributed by atoms with Crippen molar-refractivity contribution < 1.29 is 14.6 Å². The molecule has 1 aromatic carbocycles. The molecule has 3 nitrogen and oxygen atoms in total. The zero-order valence-electron chi connectivity index (χ0n) is 13.1. The van der Waals surface area contributed by atoms with Gasteiger partial charge < -0.3 is 9.84 Å². The number of hydrogen-bond donors (Lipinski definition) is 1. The highest BCUT2D eigenvalue weighted by Gasteiger charge is 2.18. The number of rotatable bonds is 11. The number of benzene rings is 1. The maximum atomic E-state index is 11.7. The van der Waals surface area contributed by atoms with E-state index in [2.05, 4.69) is 6.92 Å². The molecule has 118 valence electrons. The van der Waals surface area contributed by atoms with Gasteiger partial charge in [0.05, 0.1) is 6.61 Å². The van der Waals surface area contributed by atoms with Crippen LogP contribution in [0.5, 0.6) is 0 Å². The number of hydrogen-bond acceptors (Lipinski definition) is 3. The molecule has 0 spiro atoms. The van der Waals surface area contributed by atoms with Crippen LogP contribution >= 0.6 is 0 Å². The van der Waals surface area contributed by atoms with E-state index in [4.69, 9.17) is 4.74 Å². The Morgan fingerprint density at radius 1 is 1.00 bits per heavy atom. The lowest BCUT2D eigenvalue weighted by Crippen LogP contribution is -2.16. The fourth-order valence-corrected chi connectivity index (χ4v) is 2.26. The van der Waals surface area contributed by atoms with E-state index in [1.807, 2.05) is 6.07 Å². The average Bonchev–Trinajstić information content (AvgIpc) is 2.53. The number of carbonyl (C=O) groups excluding carboxylic acids is 1. The van der Waals surface area contributed by atoms with Crippen LogP contribution in [0.1, 0.15) is 70.0 Å². The van der Waals surface area contributed by atoms with E-state index in [0.29, 0.717) is 12.2 Å². The van der Waals surface area contributed by atoms with Gasteiger partial charge in [-0.2, -0.15) is 0 Å². The van der Waals surface area contributed by atoms with Crippen molar-refractivity contribution in [1.29, 1.82) is 0 Å². The quantitative estimate of drug-likeness (QED) is 0.485. The Bertz CT molecular complexity index is 375. The predicted octanol–water partition coefficient (Wildman–Crippen LogP) is 4.40. The molecule has 3 heteroatoms. The van der Waals surface area contributed by atoms with Gasteiger partial charge >= 0.3 is 5.97 Å². The minimum atomic E-state index is -1.17. The summed E-state index contributed by atoms with van der Waals surface area (Å²) in [5.74, 6) is -0.552. The first kappa shape index (κ1) is 17.7. The second-order valence-electron chi connectivity index (χ2n) is 5.46. The van der Waals surface area contributed by atoms with Crippen molar-refractivity contribution in [3.05, 3.63) is 35.9 Å². The molecule has 0 bridgehead atoms. The Labute approximate surface area is 128 Å². The van der Waals surface area contributed by atoms with Gasteiger partial charge in [0.1, 0.15) is 0 Å². The van der Waals surface area contributed by atoms with Crippen molar-refractivity contribution in [1.82, 2.24) is 0 Å². The zero-order chi connectivity index (χ0) is 15.3. The Morgan fingerprint density at radius 2 is 1.57 bits per heavy atom. The van der Waals surface area contributed by atoms with Crippen molar-refractivity contribution in [3.63, 3.8) is 0 Å². The summed E-state index contributed by atoms with van der Waals surface area (Å²) in [6, 6.07) is 8.89. The van der Waals surface area contributed by atoms with Crippen molar-refractivity contribution in [2.45, 2.75) is 64.4 Å². The summed E-state index contributed by atoms with van der Waals surface area (Å²) in [6.45, 7) is 2.62. The zero-order valence-corrected chi connectivity index (χ0v) is 13.1. The topological polar surface area (TPSA) is 46.5 Å². The van der Waals surface area contributed by atoms with E-state index in [1.54, 1.807) is 24.3 Å². The summed E-state index contributed by atoms with van der Waals surface area (Å²) >= 11 is 0. The van der Waals surface area contributed by atoms with Gasteiger partial charge in [0.2, 0.25) is 0 Å². The van der Waals surface area contributed by atoms with Crippen LogP contribution in [0, 0.1) is 0 Å². The number of unbranched alkanes of at least 4 members (excludes halogenated alkanes) is 7. The molecular weight excluding hydrogens is 264 g/mol. The molecule has 21 heavy (non-hydrogen) atoms. The van der Waals surface area contributed by atoms with Gasteiger partial charge in [0.15, 0.2) is 6.10 Å². The van der Waals surface area contributed by atoms with Crippen LogP contribution in [-0.2, 0) is 9.53 Å². The van der Waals surface area contributed by atoms with E-state index >= 15 is 0 Å². The van der Waals surface area contributed by atoms with Gasteiger partial charge in [-0.15, -0.1) is 0 Å². The molecule has 1 N–H and O–H groups in total. The largest absolute Gasteiger partial charge is 0.464 e. The van der Waals surface area contributed by atoms with Crippen LogP contribution in [0.25, 0.3) is 0 Å². The predicted molar refractivity (Wildman–Crippen MR) is 85.0 cm³/mol. The third-order valence-electron chi connectivity index (χ3n) is 3.58. The van der Waals surface area contributed by atoms with Crippen LogP contribution in [-0.4, -0.2) is 17.7 Å². The molecule has 0 heterocycles. The van der Waals surface area contributed by atoms with Gasteiger partial charge in [-0.25, -0.2) is 4.79 Å². The minimum Gasteiger partial charge on any atom is -0.464 e. The summed E-state index contributed by atoms with van der Waals surface area (Å²) in [7, 11) is 0. The van der Waals surface area contributed by atoms with Crippen LogP contribution in [0.3, 0.4) is 0 Å². The van der Waals surface area contributed by atoms with E-state index in [0.717, 1.165) is 12.8 Å². The first-order valence-corrected chi connectivity index (χ1v) is 8.15. The summed E-state index contributed by atoms with van der Waals surface area (Å²) < 4.78 is 5.11. The minimum absolute atomic E-state index is 0.400. The van der Waals surface area contributed by atoms with Crippen molar-refractivity contribution in [3.8, 4) is 0 Å². The average molecular weight is 292 g/mol. The summed E-state index contributed by atoms with van der Waals surface area (Å²) in [6.07, 6.45) is 8.50. The molecule has 0 amide bonds. The Balaban J connectivity index is 2.03. The third kappa shape index (κ3) is 7.86. The van der Waals surface area contributed by atoms with E-state index in [9.17, 15) is 9.90 Å². The van der Waals surface area contributed by atoms with Crippen LogP contribution < -0.4 is 0 Å². The Kier molecular flexibility index (Phi) is 9.55. The third-order valence-corrected chi connectivity index (χ3v) is 3.58. The molecule has 0 saturated carbocycles. The molecule has 0 aliphatic rings. The first-order valence-electron chi connectivity index (χ1n) is 8.15. The molecule has 0 unspecified atom stereocenters. The van der Waals surface area contributed by atoms with Crippen LogP contribution in [0.4, 0.5) is 0 Å². The number of carbonyl (C=O) groups is 1. The molecule has 0 fully saturated rings. The van der Waals surface area contributed by atoms with Crippen molar-refractivity contribution in [2.75, 3.05) is 6.61 Å². The van der Waals surface area contributed by atoms with Crippen LogP contribution in [0.2, 0.25) is 0 Å². The molecule has 0 aromatic heterocycles. The SMILES string of the molecule is CCCCCCCCCCOC(=O)[C@@H](O)c1ccccc1. The molecule has 0 radical (unpaired) electrons. The van der Waals surface area contributed by atoms with Gasteiger partial charge in [0.25, 0.3) is 0 Å². The Morgan fingerprint density at radius 3 is 2.19 bits per heavy atom. The fourth-order valence-electron chi connectivity index (χ4n) is 2.26. The van der Waals surface area contributed by atoms with Gasteiger partial charge in [-0.1, -0.05) is 82.2 Å². The fraction of sp³-hybridized carbons (Fsp3) is 0.611. The first-order chi connectivity index (χ1) is 10.3. The molecule has 0 aliphatic carbocycles. The summed E-state index contributed by atoms with van der Waals surface area (Å²) in [5, 5.41) is 9.84. The highest BCUT2D eigenvalue weighted by atomic mass is 16.5. The van der Waals surface area contributed by atoms with E-state index in [-0.39, 0.29) is 0 Å². The Hall–Kier alpha value is -1.35. The molecule has 0 aliphatic heterocycles. The smallest absolute Gasteiger partial charge is 0.339 e. The molecule has 1 atom stereocenters. The lowest BCUT2D eigenvalue weighted by atomic mass is 10.1. The monoisotopic (exact) mass is 292 g/mol. The standard InChI is InChI=1S/C18H28O3/c1-2-3-4-5-6-7-8-12-15-21-18(20)17(19)16-13-10-9-11-14-16/h9-11,13-14,17,19H,2-8,12,15H2,1H3/t17-/m0/s1. The number of aliphatic hydroxyl groups is 1. The van der Waals surface area contributed by atoms with Gasteiger partial charge in [-0.3, -0.25) is 0 Å². The number of aliphatic hydroxyl groups excluding tert-OH is 1. The molecule has 0 saturated heterocycles. The molecular formula is C18H28O3. The maximum Gasteiger partial charge on any atom is 0.339 e. The van der Waals surface area contributed by atoms with Crippen molar-refractivity contribution in [2.24, 2.45) is 0 Å². The molecule has 1 aromatic rings. The lowest BCUT2D eigenvalue weighted by Gasteiger charge is -2.10. The summed E-state index contributed by atoms with van der Waals surface area (Å²) in [4.78, 5) is 11.7. The molecule has 1 rings (SSSR count). The summed E-state index contributed by atoms with van der Waals surface area (Å²) in [5.41, 5.74) is 0.582. The number of esters is 1. The van der Waals surface area contributed by atoms with Crippen LogP contribution in [0.15, 0.2) is 30.3 Å². The second kappa shape index (κ2) is 11.3. The lowest BCUT2D eigenvalue weighted by molar-refractivity contribution is -0.154. The van der Waals surface area contributed by atoms with Gasteiger partial charge in [0, 0.05) is 0 Å². The highest BCUT2D eigenvalue weighted by Crippen LogP contribution is 2.14. The van der Waals surface area contributed by atoms with E-state index in [1.165, 1.54) is 38.5 Å². The van der Waals surface area contributed by atoms with Gasteiger partial charge in [-0.05, 0) is 12.0 Å². The van der Waals surface area contributed by atoms with E-state index < -0.39 is 12.1 Å². The second-order valence-corrected chi connectivity index (χ2v) is 5.46.